The van der Waals surface area contributed by atoms with Crippen LogP contribution in [0.25, 0.3) is 5.69 Å². The molecule has 0 radical (unpaired) electrons. The lowest BCUT2D eigenvalue weighted by Crippen LogP contribution is -2.50. The summed E-state index contributed by atoms with van der Waals surface area (Å²) in [5, 5.41) is 2.95. The predicted octanol–water partition coefficient (Wildman–Crippen LogP) is 2.07. The third-order valence-corrected chi connectivity index (χ3v) is 5.64. The van der Waals surface area contributed by atoms with Gasteiger partial charge in [0.15, 0.2) is 0 Å². The maximum absolute atomic E-state index is 12.8. The van der Waals surface area contributed by atoms with Crippen molar-refractivity contribution in [2.45, 2.75) is 0 Å². The van der Waals surface area contributed by atoms with E-state index in [0.717, 1.165) is 31.1 Å². The highest BCUT2D eigenvalue weighted by Gasteiger charge is 2.22. The number of nitrogens with one attached hydrogen (secondary N) is 1. The summed E-state index contributed by atoms with van der Waals surface area (Å²) in [7, 11) is 1.60. The van der Waals surface area contributed by atoms with Crippen molar-refractivity contribution in [2.24, 2.45) is 0 Å². The number of carbonyl (C=O) groups excluding carboxylic acids is 2. The van der Waals surface area contributed by atoms with E-state index in [1.54, 1.807) is 43.9 Å². The van der Waals surface area contributed by atoms with Gasteiger partial charge in [-0.2, -0.15) is 0 Å². The number of amides is 2. The van der Waals surface area contributed by atoms with Crippen LogP contribution in [0.3, 0.4) is 0 Å². The topological polar surface area (TPSA) is 79.7 Å². The standard InChI is InChI=1S/C24H27N5O3/c1-32-22-8-4-19(5-9-22)23(30)26-11-12-27-14-16-28(17-15-27)24(31)20-2-6-21(7-3-20)29-13-10-25-18-29/h2-10,13,18H,11-12,14-17H2,1H3,(H,26,30). The molecule has 1 aliphatic rings. The number of piperazine rings is 1. The van der Waals surface area contributed by atoms with E-state index in [-0.39, 0.29) is 11.8 Å². The molecule has 0 atom stereocenters. The van der Waals surface area contributed by atoms with Gasteiger partial charge >= 0.3 is 0 Å². The van der Waals surface area contributed by atoms with Crippen molar-refractivity contribution in [2.75, 3.05) is 46.4 Å². The monoisotopic (exact) mass is 433 g/mol. The summed E-state index contributed by atoms with van der Waals surface area (Å²) in [4.78, 5) is 33.3. The quantitative estimate of drug-likeness (QED) is 0.617. The first-order valence-corrected chi connectivity index (χ1v) is 10.7. The number of hydrogen-bond donors (Lipinski definition) is 1. The molecule has 8 nitrogen and oxygen atoms in total. The van der Waals surface area contributed by atoms with Crippen LogP contribution >= 0.6 is 0 Å². The van der Waals surface area contributed by atoms with E-state index in [4.69, 9.17) is 4.74 Å². The second-order valence-electron chi connectivity index (χ2n) is 7.64. The Balaban J connectivity index is 1.20. The largest absolute Gasteiger partial charge is 0.497 e. The fourth-order valence-electron chi connectivity index (χ4n) is 3.72. The van der Waals surface area contributed by atoms with Gasteiger partial charge in [-0.25, -0.2) is 4.98 Å². The maximum atomic E-state index is 12.8. The Kier molecular flexibility index (Phi) is 6.81. The molecule has 3 aromatic rings. The van der Waals surface area contributed by atoms with Crippen molar-refractivity contribution in [3.8, 4) is 11.4 Å². The first-order chi connectivity index (χ1) is 15.6. The molecule has 1 N–H and O–H groups in total. The fraction of sp³-hybridized carbons (Fsp3) is 0.292. The third-order valence-electron chi connectivity index (χ3n) is 5.64. The van der Waals surface area contributed by atoms with Crippen molar-refractivity contribution >= 4 is 11.8 Å². The summed E-state index contributed by atoms with van der Waals surface area (Å²) in [6.45, 7) is 4.25. The molecule has 1 fully saturated rings. The highest BCUT2D eigenvalue weighted by atomic mass is 16.5. The number of rotatable bonds is 7. The molecule has 0 aliphatic carbocycles. The van der Waals surface area contributed by atoms with Gasteiger partial charge in [-0.05, 0) is 48.5 Å². The molecule has 0 spiro atoms. The number of carbonyl (C=O) groups is 2. The van der Waals surface area contributed by atoms with Crippen LogP contribution < -0.4 is 10.1 Å². The number of aromatic nitrogens is 2. The Hall–Kier alpha value is -3.65. The van der Waals surface area contributed by atoms with Crippen LogP contribution in [-0.4, -0.2) is 77.5 Å². The number of benzene rings is 2. The highest BCUT2D eigenvalue weighted by molar-refractivity contribution is 5.95. The Bertz CT molecular complexity index is 1020. The number of methoxy groups -OCH3 is 1. The molecular weight excluding hydrogens is 406 g/mol. The molecular formula is C24H27N5O3. The van der Waals surface area contributed by atoms with Crippen LogP contribution in [0.4, 0.5) is 0 Å². The second kappa shape index (κ2) is 10.1. The summed E-state index contributed by atoms with van der Waals surface area (Å²) in [5.74, 6) is 0.679. The lowest BCUT2D eigenvalue weighted by atomic mass is 10.1. The highest BCUT2D eigenvalue weighted by Crippen LogP contribution is 2.13. The lowest BCUT2D eigenvalue weighted by molar-refractivity contribution is 0.0638. The van der Waals surface area contributed by atoms with Crippen LogP contribution in [0.15, 0.2) is 67.3 Å². The van der Waals surface area contributed by atoms with Gasteiger partial charge in [-0.3, -0.25) is 14.5 Å². The van der Waals surface area contributed by atoms with Crippen LogP contribution in [0, 0.1) is 0 Å². The molecule has 166 valence electrons. The molecule has 2 heterocycles. The van der Waals surface area contributed by atoms with E-state index >= 15 is 0 Å². The van der Waals surface area contributed by atoms with E-state index in [0.29, 0.717) is 30.8 Å². The van der Waals surface area contributed by atoms with Gasteiger partial charge in [0, 0.05) is 68.5 Å². The molecule has 1 aromatic heterocycles. The van der Waals surface area contributed by atoms with E-state index in [1.165, 1.54) is 0 Å². The minimum atomic E-state index is -0.0967. The van der Waals surface area contributed by atoms with Gasteiger partial charge in [0.1, 0.15) is 5.75 Å². The number of hydrogen-bond acceptors (Lipinski definition) is 5. The fourth-order valence-corrected chi connectivity index (χ4v) is 3.72. The molecule has 8 heteroatoms. The molecule has 0 unspecified atom stereocenters. The van der Waals surface area contributed by atoms with E-state index < -0.39 is 0 Å². The molecule has 0 bridgehead atoms. The number of imidazole rings is 1. The minimum absolute atomic E-state index is 0.0506. The summed E-state index contributed by atoms with van der Waals surface area (Å²) in [5.41, 5.74) is 2.27. The smallest absolute Gasteiger partial charge is 0.253 e. The molecule has 0 saturated carbocycles. The van der Waals surface area contributed by atoms with E-state index in [1.807, 2.05) is 39.9 Å². The first kappa shape index (κ1) is 21.6. The van der Waals surface area contributed by atoms with Gasteiger partial charge in [0.05, 0.1) is 13.4 Å². The summed E-state index contributed by atoms with van der Waals surface area (Å²) in [6.07, 6.45) is 5.33. The van der Waals surface area contributed by atoms with Gasteiger partial charge in [0.2, 0.25) is 0 Å². The van der Waals surface area contributed by atoms with Gasteiger partial charge < -0.3 is 19.5 Å². The second-order valence-corrected chi connectivity index (χ2v) is 7.64. The SMILES string of the molecule is COc1ccc(C(=O)NCCN2CCN(C(=O)c3ccc(-n4ccnc4)cc3)CC2)cc1. The summed E-state index contributed by atoms with van der Waals surface area (Å²) < 4.78 is 7.02. The summed E-state index contributed by atoms with van der Waals surface area (Å²) >= 11 is 0. The zero-order chi connectivity index (χ0) is 22.3. The summed E-state index contributed by atoms with van der Waals surface area (Å²) in [6, 6.07) is 14.6. The van der Waals surface area contributed by atoms with E-state index in [9.17, 15) is 9.59 Å². The number of nitrogens with zero attached hydrogens (tertiary/aromatic N) is 4. The molecule has 1 aliphatic heterocycles. The van der Waals surface area contributed by atoms with Crippen LogP contribution in [0.1, 0.15) is 20.7 Å². The first-order valence-electron chi connectivity index (χ1n) is 10.7. The average Bonchev–Trinajstić information content (AvgIpc) is 3.39. The Morgan fingerprint density at radius 1 is 0.969 bits per heavy atom. The Morgan fingerprint density at radius 2 is 1.66 bits per heavy atom. The minimum Gasteiger partial charge on any atom is -0.497 e. The zero-order valence-electron chi connectivity index (χ0n) is 18.1. The maximum Gasteiger partial charge on any atom is 0.253 e. The van der Waals surface area contributed by atoms with Crippen LogP contribution in [-0.2, 0) is 0 Å². The Morgan fingerprint density at radius 3 is 2.28 bits per heavy atom. The molecule has 2 amide bonds. The zero-order valence-corrected chi connectivity index (χ0v) is 18.1. The van der Waals surface area contributed by atoms with Crippen molar-refractivity contribution < 1.29 is 14.3 Å². The number of ether oxygens (including phenoxy) is 1. The normalized spacial score (nSPS) is 14.2. The van der Waals surface area contributed by atoms with Crippen LogP contribution in [0.2, 0.25) is 0 Å². The van der Waals surface area contributed by atoms with Crippen molar-refractivity contribution in [3.63, 3.8) is 0 Å². The predicted molar refractivity (Wildman–Crippen MR) is 121 cm³/mol. The Labute approximate surface area is 187 Å². The van der Waals surface area contributed by atoms with Gasteiger partial charge in [-0.15, -0.1) is 0 Å². The van der Waals surface area contributed by atoms with Crippen molar-refractivity contribution in [1.29, 1.82) is 0 Å². The molecule has 4 rings (SSSR count). The van der Waals surface area contributed by atoms with Crippen molar-refractivity contribution in [1.82, 2.24) is 24.7 Å². The van der Waals surface area contributed by atoms with Crippen molar-refractivity contribution in [3.05, 3.63) is 78.4 Å². The van der Waals surface area contributed by atoms with E-state index in [2.05, 4.69) is 15.2 Å². The average molecular weight is 434 g/mol. The van der Waals surface area contributed by atoms with Gasteiger partial charge in [-0.1, -0.05) is 0 Å². The molecule has 32 heavy (non-hydrogen) atoms. The van der Waals surface area contributed by atoms with Gasteiger partial charge in [0.25, 0.3) is 11.8 Å². The third kappa shape index (κ3) is 5.15. The molecule has 1 saturated heterocycles. The van der Waals surface area contributed by atoms with Crippen LogP contribution in [0.5, 0.6) is 5.75 Å². The lowest BCUT2D eigenvalue weighted by Gasteiger charge is -2.34. The molecule has 2 aromatic carbocycles.